The summed E-state index contributed by atoms with van der Waals surface area (Å²) in [5.74, 6) is 0.0978. The maximum Gasteiger partial charge on any atom is 0.140 e. The molecule has 3 atom stereocenters. The first-order valence-electron chi connectivity index (χ1n) is 5.89. The zero-order valence-electron chi connectivity index (χ0n) is 9.65. The lowest BCUT2D eigenvalue weighted by Crippen LogP contribution is -2.46. The highest BCUT2D eigenvalue weighted by molar-refractivity contribution is 5.39. The van der Waals surface area contributed by atoms with Crippen LogP contribution in [0.25, 0.3) is 0 Å². The van der Waals surface area contributed by atoms with Gasteiger partial charge in [-0.2, -0.15) is 0 Å². The molecule has 4 heteroatoms. The zero-order valence-corrected chi connectivity index (χ0v) is 9.65. The van der Waals surface area contributed by atoms with E-state index in [0.717, 1.165) is 6.42 Å². The second-order valence-corrected chi connectivity index (χ2v) is 4.83. The molecule has 0 radical (unpaired) electrons. The fourth-order valence-corrected chi connectivity index (χ4v) is 2.74. The van der Waals surface area contributed by atoms with E-state index in [1.54, 1.807) is 6.07 Å². The van der Waals surface area contributed by atoms with Crippen LogP contribution in [0, 0.1) is 5.82 Å². The van der Waals surface area contributed by atoms with Gasteiger partial charge in [-0.15, -0.1) is 0 Å². The molecule has 0 saturated carbocycles. The number of aliphatic hydroxyl groups is 1. The van der Waals surface area contributed by atoms with Crippen molar-refractivity contribution in [2.45, 2.75) is 37.6 Å². The average Bonchev–Trinajstić information content (AvgIpc) is 2.59. The Balaban J connectivity index is 2.02. The molecule has 3 nitrogen and oxygen atoms in total. The van der Waals surface area contributed by atoms with E-state index >= 15 is 0 Å². The minimum Gasteiger partial charge on any atom is -0.484 e. The number of halogens is 1. The van der Waals surface area contributed by atoms with Crippen LogP contribution in [-0.2, 0) is 4.74 Å². The Kier molecular flexibility index (Phi) is 2.38. The number of hydrogen-bond donors (Lipinski definition) is 1. The minimum absolute atomic E-state index is 0.0754. The van der Waals surface area contributed by atoms with Crippen molar-refractivity contribution < 1.29 is 19.0 Å². The van der Waals surface area contributed by atoms with Crippen LogP contribution in [0.2, 0.25) is 0 Å². The Labute approximate surface area is 99.2 Å². The highest BCUT2D eigenvalue weighted by atomic mass is 19.1. The van der Waals surface area contributed by atoms with Gasteiger partial charge in [0, 0.05) is 24.5 Å². The van der Waals surface area contributed by atoms with Crippen LogP contribution in [0.1, 0.15) is 31.4 Å². The molecule has 2 aliphatic heterocycles. The van der Waals surface area contributed by atoms with Crippen LogP contribution < -0.4 is 4.74 Å². The molecule has 17 heavy (non-hydrogen) atoms. The summed E-state index contributed by atoms with van der Waals surface area (Å²) in [6, 6.07) is 4.27. The van der Waals surface area contributed by atoms with Gasteiger partial charge in [-0.1, -0.05) is 0 Å². The fourth-order valence-electron chi connectivity index (χ4n) is 2.74. The summed E-state index contributed by atoms with van der Waals surface area (Å²) in [5, 5.41) is 10.1. The van der Waals surface area contributed by atoms with Gasteiger partial charge >= 0.3 is 0 Å². The van der Waals surface area contributed by atoms with Crippen molar-refractivity contribution in [2.75, 3.05) is 6.61 Å². The van der Waals surface area contributed by atoms with Gasteiger partial charge in [0.05, 0.1) is 18.8 Å². The Bertz CT molecular complexity index is 448. The van der Waals surface area contributed by atoms with E-state index in [1.807, 2.05) is 6.92 Å². The van der Waals surface area contributed by atoms with Crippen molar-refractivity contribution in [2.24, 2.45) is 0 Å². The van der Waals surface area contributed by atoms with E-state index < -0.39 is 11.7 Å². The van der Waals surface area contributed by atoms with Crippen LogP contribution in [0.4, 0.5) is 4.39 Å². The van der Waals surface area contributed by atoms with Gasteiger partial charge in [0.2, 0.25) is 0 Å². The van der Waals surface area contributed by atoms with Crippen molar-refractivity contribution in [3.05, 3.63) is 29.6 Å². The molecule has 1 aromatic rings. The number of fused-ring (bicyclic) bond motifs is 1. The number of hydrogen-bond acceptors (Lipinski definition) is 3. The summed E-state index contributed by atoms with van der Waals surface area (Å²) in [6.45, 7) is 2.56. The van der Waals surface area contributed by atoms with E-state index in [-0.39, 0.29) is 11.9 Å². The molecule has 92 valence electrons. The highest BCUT2D eigenvalue weighted by Gasteiger charge is 2.48. The van der Waals surface area contributed by atoms with Gasteiger partial charge in [0.25, 0.3) is 0 Å². The van der Waals surface area contributed by atoms with Crippen LogP contribution in [-0.4, -0.2) is 23.4 Å². The largest absolute Gasteiger partial charge is 0.484 e. The summed E-state index contributed by atoms with van der Waals surface area (Å²) < 4.78 is 24.6. The van der Waals surface area contributed by atoms with Crippen molar-refractivity contribution in [1.82, 2.24) is 0 Å². The molecule has 0 aliphatic carbocycles. The third-order valence-electron chi connectivity index (χ3n) is 3.82. The standard InChI is InChI=1S/C13H15FO3/c1-8-13(4-5-16-8)7-11(15)10-3-2-9(14)6-12(10)17-13/h2-3,6,8,11,15H,4-5,7H2,1H3/t8?,11-,13?/m1/s1. The molecule has 2 unspecified atom stereocenters. The molecular formula is C13H15FO3. The van der Waals surface area contributed by atoms with E-state index in [4.69, 9.17) is 9.47 Å². The first-order chi connectivity index (χ1) is 8.11. The summed E-state index contributed by atoms with van der Waals surface area (Å²) in [6.07, 6.45) is 0.561. The van der Waals surface area contributed by atoms with Crippen LogP contribution in [0.15, 0.2) is 18.2 Å². The van der Waals surface area contributed by atoms with Gasteiger partial charge < -0.3 is 14.6 Å². The van der Waals surface area contributed by atoms with E-state index in [1.165, 1.54) is 12.1 Å². The number of benzene rings is 1. The molecule has 1 saturated heterocycles. The van der Waals surface area contributed by atoms with Crippen LogP contribution >= 0.6 is 0 Å². The van der Waals surface area contributed by atoms with E-state index in [2.05, 4.69) is 0 Å². The summed E-state index contributed by atoms with van der Waals surface area (Å²) in [5.41, 5.74) is 0.163. The predicted molar refractivity (Wildman–Crippen MR) is 59.4 cm³/mol. The molecule has 1 aromatic carbocycles. The van der Waals surface area contributed by atoms with Gasteiger partial charge in [-0.3, -0.25) is 0 Å². The first-order valence-corrected chi connectivity index (χ1v) is 5.89. The average molecular weight is 238 g/mol. The second-order valence-electron chi connectivity index (χ2n) is 4.83. The maximum atomic E-state index is 13.2. The lowest BCUT2D eigenvalue weighted by molar-refractivity contribution is -0.0567. The molecule has 2 aliphatic rings. The summed E-state index contributed by atoms with van der Waals surface area (Å²) in [7, 11) is 0. The minimum atomic E-state index is -0.608. The van der Waals surface area contributed by atoms with Crippen molar-refractivity contribution in [3.8, 4) is 5.75 Å². The summed E-state index contributed by atoms with van der Waals surface area (Å²) in [4.78, 5) is 0. The number of ether oxygens (including phenoxy) is 2. The molecular weight excluding hydrogens is 223 g/mol. The normalized spacial score (nSPS) is 35.7. The topological polar surface area (TPSA) is 38.7 Å². The Hall–Kier alpha value is -1.13. The molecule has 1 N–H and O–H groups in total. The van der Waals surface area contributed by atoms with Crippen molar-refractivity contribution >= 4 is 0 Å². The van der Waals surface area contributed by atoms with Gasteiger partial charge in [0.1, 0.15) is 17.2 Å². The van der Waals surface area contributed by atoms with Gasteiger partial charge in [-0.05, 0) is 19.1 Å². The van der Waals surface area contributed by atoms with Crippen molar-refractivity contribution in [3.63, 3.8) is 0 Å². The number of aliphatic hydroxyl groups excluding tert-OH is 1. The van der Waals surface area contributed by atoms with Gasteiger partial charge in [0.15, 0.2) is 0 Å². The third kappa shape index (κ3) is 1.63. The lowest BCUT2D eigenvalue weighted by atomic mass is 9.84. The monoisotopic (exact) mass is 238 g/mol. The first kappa shape index (κ1) is 11.0. The smallest absolute Gasteiger partial charge is 0.140 e. The number of rotatable bonds is 0. The predicted octanol–water partition coefficient (Wildman–Crippen LogP) is 2.19. The molecule has 2 heterocycles. The zero-order chi connectivity index (χ0) is 12.0. The second kappa shape index (κ2) is 3.68. The lowest BCUT2D eigenvalue weighted by Gasteiger charge is -2.39. The van der Waals surface area contributed by atoms with E-state index in [0.29, 0.717) is 24.3 Å². The molecule has 1 fully saturated rings. The highest BCUT2D eigenvalue weighted by Crippen LogP contribution is 2.45. The van der Waals surface area contributed by atoms with Crippen molar-refractivity contribution in [1.29, 1.82) is 0 Å². The van der Waals surface area contributed by atoms with Crippen LogP contribution in [0.3, 0.4) is 0 Å². The quantitative estimate of drug-likeness (QED) is 0.753. The summed E-state index contributed by atoms with van der Waals surface area (Å²) >= 11 is 0. The Morgan fingerprint density at radius 3 is 3.00 bits per heavy atom. The Morgan fingerprint density at radius 1 is 1.47 bits per heavy atom. The molecule has 0 bridgehead atoms. The maximum absolute atomic E-state index is 13.2. The molecule has 1 spiro atoms. The third-order valence-corrected chi connectivity index (χ3v) is 3.82. The van der Waals surface area contributed by atoms with Gasteiger partial charge in [-0.25, -0.2) is 4.39 Å². The molecule has 0 amide bonds. The Morgan fingerprint density at radius 2 is 2.29 bits per heavy atom. The van der Waals surface area contributed by atoms with Crippen LogP contribution in [0.5, 0.6) is 5.75 Å². The molecule has 0 aromatic heterocycles. The van der Waals surface area contributed by atoms with E-state index in [9.17, 15) is 9.50 Å². The SMILES string of the molecule is CC1OCCC12C[C@@H](O)c1ccc(F)cc1O2. The molecule has 3 rings (SSSR count). The fraction of sp³-hybridized carbons (Fsp3) is 0.538.